The maximum Gasteiger partial charge on any atom is 0.162 e. The quantitative estimate of drug-likeness (QED) is 0.794. The number of hydrogen-bond donors (Lipinski definition) is 1. The molecule has 0 aromatic carbocycles. The zero-order valence-electron chi connectivity index (χ0n) is 14.4. The highest BCUT2D eigenvalue weighted by Gasteiger charge is 2.61. The van der Waals surface area contributed by atoms with Crippen molar-refractivity contribution in [3.8, 4) is 0 Å². The van der Waals surface area contributed by atoms with Gasteiger partial charge in [0.05, 0.1) is 0 Å². The fourth-order valence-corrected chi connectivity index (χ4v) is 6.61. The predicted octanol–water partition coefficient (Wildman–Crippen LogP) is 4.05. The second-order valence-corrected chi connectivity index (χ2v) is 8.68. The van der Waals surface area contributed by atoms with Crippen LogP contribution in [-0.4, -0.2) is 24.1 Å². The molecule has 1 N–H and O–H groups in total. The molecule has 23 heavy (non-hydrogen) atoms. The number of ether oxygens (including phenoxy) is 1. The molecule has 0 spiro atoms. The number of carbonyl (C=O) groups is 1. The summed E-state index contributed by atoms with van der Waals surface area (Å²) >= 11 is 0. The minimum Gasteiger partial charge on any atom is -0.508 e. The minimum atomic E-state index is -0.204. The first kappa shape index (κ1) is 15.4. The second-order valence-electron chi connectivity index (χ2n) is 8.68. The highest BCUT2D eigenvalue weighted by atomic mass is 16.5. The fraction of sp³-hybridized carbons (Fsp3) is 0.750. The number of methoxy groups -OCH3 is 1. The van der Waals surface area contributed by atoms with Gasteiger partial charge in [-0.15, -0.1) is 0 Å². The Bertz CT molecular complexity index is 592. The van der Waals surface area contributed by atoms with E-state index in [2.05, 4.69) is 26.0 Å². The molecule has 3 nitrogen and oxygen atoms in total. The molecule has 0 heterocycles. The van der Waals surface area contributed by atoms with Gasteiger partial charge in [0.25, 0.3) is 0 Å². The molecule has 0 aliphatic heterocycles. The average molecular weight is 316 g/mol. The molecule has 0 aromatic rings. The number of Topliss-reactive ketones (excluding diaryl/α,β-unsaturated/α-hetero) is 1. The lowest BCUT2D eigenvalue weighted by atomic mass is 9.47. The van der Waals surface area contributed by atoms with Crippen molar-refractivity contribution >= 4 is 5.78 Å². The molecular weight excluding hydrogens is 288 g/mol. The van der Waals surface area contributed by atoms with Crippen LogP contribution < -0.4 is 0 Å². The van der Waals surface area contributed by atoms with Crippen LogP contribution in [0.15, 0.2) is 24.0 Å². The van der Waals surface area contributed by atoms with Crippen LogP contribution in [0.3, 0.4) is 0 Å². The van der Waals surface area contributed by atoms with Gasteiger partial charge in [-0.1, -0.05) is 19.9 Å². The summed E-state index contributed by atoms with van der Waals surface area (Å²) in [4.78, 5) is 12.5. The molecule has 1 unspecified atom stereocenters. The van der Waals surface area contributed by atoms with Crippen molar-refractivity contribution in [2.75, 3.05) is 7.11 Å². The van der Waals surface area contributed by atoms with Gasteiger partial charge in [-0.25, -0.2) is 0 Å². The monoisotopic (exact) mass is 316 g/mol. The molecule has 0 aromatic heterocycles. The van der Waals surface area contributed by atoms with E-state index >= 15 is 0 Å². The molecule has 7 atom stereocenters. The summed E-state index contributed by atoms with van der Waals surface area (Å²) in [6.07, 6.45) is 11.2. The van der Waals surface area contributed by atoms with E-state index in [4.69, 9.17) is 4.74 Å². The standard InChI is InChI=1S/C20H28O3/c1-19-8-6-13(21)10-12(19)4-5-14-15(19)7-9-20(2)16(14)11-17(22)18(20)23-3/h6,8,10,12,14-16,18,21H,4-5,7,9,11H2,1-3H3/t12?,14-,15+,16+,18+,19+,20+/m1/s1. The highest BCUT2D eigenvalue weighted by molar-refractivity contribution is 5.87. The van der Waals surface area contributed by atoms with Crippen LogP contribution in [0, 0.1) is 34.5 Å². The van der Waals surface area contributed by atoms with Crippen LogP contribution in [0.4, 0.5) is 0 Å². The normalized spacial score (nSPS) is 51.7. The third kappa shape index (κ3) is 1.95. The van der Waals surface area contributed by atoms with Crippen LogP contribution in [-0.2, 0) is 9.53 Å². The van der Waals surface area contributed by atoms with E-state index in [1.54, 1.807) is 7.11 Å². The van der Waals surface area contributed by atoms with Crippen molar-refractivity contribution < 1.29 is 14.6 Å². The second kappa shape index (κ2) is 4.95. The lowest BCUT2D eigenvalue weighted by Gasteiger charge is -2.57. The Morgan fingerprint density at radius 1 is 1.22 bits per heavy atom. The first-order valence-electron chi connectivity index (χ1n) is 9.05. The van der Waals surface area contributed by atoms with Crippen molar-refractivity contribution in [1.82, 2.24) is 0 Å². The van der Waals surface area contributed by atoms with Crippen molar-refractivity contribution in [3.05, 3.63) is 24.0 Å². The number of fused-ring (bicyclic) bond motifs is 5. The van der Waals surface area contributed by atoms with Crippen LogP contribution in [0.1, 0.15) is 46.0 Å². The summed E-state index contributed by atoms with van der Waals surface area (Å²) in [6.45, 7) is 4.64. The molecule has 4 aliphatic carbocycles. The lowest BCUT2D eigenvalue weighted by molar-refractivity contribution is -0.132. The Morgan fingerprint density at radius 2 is 2.00 bits per heavy atom. The van der Waals surface area contributed by atoms with Crippen LogP contribution in [0.5, 0.6) is 0 Å². The van der Waals surface area contributed by atoms with Crippen molar-refractivity contribution in [2.45, 2.75) is 52.1 Å². The third-order valence-electron chi connectivity index (χ3n) is 7.82. The topological polar surface area (TPSA) is 46.5 Å². The van der Waals surface area contributed by atoms with E-state index in [0.717, 1.165) is 19.3 Å². The van der Waals surface area contributed by atoms with Gasteiger partial charge in [0.15, 0.2) is 5.78 Å². The van der Waals surface area contributed by atoms with Gasteiger partial charge in [-0.3, -0.25) is 4.79 Å². The van der Waals surface area contributed by atoms with E-state index < -0.39 is 0 Å². The third-order valence-corrected chi connectivity index (χ3v) is 7.82. The Balaban J connectivity index is 1.68. The zero-order valence-corrected chi connectivity index (χ0v) is 14.4. The lowest BCUT2D eigenvalue weighted by Crippen LogP contribution is -2.52. The number of rotatable bonds is 1. The fourth-order valence-electron chi connectivity index (χ4n) is 6.61. The summed E-state index contributed by atoms with van der Waals surface area (Å²) in [5, 5.41) is 9.86. The number of ketones is 1. The molecule has 3 saturated carbocycles. The average Bonchev–Trinajstić information content (AvgIpc) is 2.77. The van der Waals surface area contributed by atoms with Crippen LogP contribution >= 0.6 is 0 Å². The van der Waals surface area contributed by atoms with Gasteiger partial charge in [0.2, 0.25) is 0 Å². The van der Waals surface area contributed by atoms with Gasteiger partial charge >= 0.3 is 0 Å². The van der Waals surface area contributed by atoms with E-state index in [1.165, 1.54) is 6.42 Å². The molecule has 0 amide bonds. The van der Waals surface area contributed by atoms with E-state index in [9.17, 15) is 9.90 Å². The van der Waals surface area contributed by atoms with Gasteiger partial charge in [-0.05, 0) is 66.9 Å². The summed E-state index contributed by atoms with van der Waals surface area (Å²) in [5.41, 5.74) is 0.150. The number of allylic oxidation sites excluding steroid dienone is 3. The van der Waals surface area contributed by atoms with Gasteiger partial charge in [0, 0.05) is 18.9 Å². The molecule has 4 rings (SSSR count). The molecule has 4 aliphatic rings. The van der Waals surface area contributed by atoms with Crippen molar-refractivity contribution in [3.63, 3.8) is 0 Å². The number of aliphatic hydroxyl groups excluding tert-OH is 1. The molecule has 0 bridgehead atoms. The molecule has 0 radical (unpaired) electrons. The van der Waals surface area contributed by atoms with Gasteiger partial charge in [0.1, 0.15) is 11.9 Å². The molecule has 126 valence electrons. The van der Waals surface area contributed by atoms with Crippen molar-refractivity contribution in [1.29, 1.82) is 0 Å². The largest absolute Gasteiger partial charge is 0.508 e. The summed E-state index contributed by atoms with van der Waals surface area (Å²) in [6, 6.07) is 0. The number of carbonyl (C=O) groups excluding carboxylic acids is 1. The smallest absolute Gasteiger partial charge is 0.162 e. The Morgan fingerprint density at radius 3 is 2.74 bits per heavy atom. The molecule has 0 saturated heterocycles. The first-order chi connectivity index (χ1) is 10.9. The van der Waals surface area contributed by atoms with E-state index in [0.29, 0.717) is 41.6 Å². The van der Waals surface area contributed by atoms with Crippen LogP contribution in [0.25, 0.3) is 0 Å². The maximum absolute atomic E-state index is 12.5. The first-order valence-corrected chi connectivity index (χ1v) is 9.05. The SMILES string of the molecule is CO[C@H]1C(=O)C[C@H]2[C@@H]3CCC4C=C(O)C=C[C@]4(C)[C@H]3CC[C@]12C. The predicted molar refractivity (Wildman–Crippen MR) is 88.9 cm³/mol. The molecular formula is C20H28O3. The number of aliphatic hydroxyl groups is 1. The van der Waals surface area contributed by atoms with E-state index in [1.807, 2.05) is 6.08 Å². The van der Waals surface area contributed by atoms with E-state index in [-0.39, 0.29) is 16.9 Å². The maximum atomic E-state index is 12.5. The summed E-state index contributed by atoms with van der Waals surface area (Å²) in [7, 11) is 1.69. The number of hydrogen-bond acceptors (Lipinski definition) is 3. The molecule has 3 heteroatoms. The van der Waals surface area contributed by atoms with Crippen molar-refractivity contribution in [2.24, 2.45) is 34.5 Å². The Labute approximate surface area is 138 Å². The van der Waals surface area contributed by atoms with Gasteiger partial charge < -0.3 is 9.84 Å². The summed E-state index contributed by atoms with van der Waals surface area (Å²) < 4.78 is 5.62. The van der Waals surface area contributed by atoms with Gasteiger partial charge in [-0.2, -0.15) is 0 Å². The summed E-state index contributed by atoms with van der Waals surface area (Å²) in [5.74, 6) is 2.85. The minimum absolute atomic E-state index is 0.0204. The highest BCUT2D eigenvalue weighted by Crippen LogP contribution is 2.64. The zero-order chi connectivity index (χ0) is 16.4. The van der Waals surface area contributed by atoms with Crippen LogP contribution in [0.2, 0.25) is 0 Å². The Kier molecular flexibility index (Phi) is 3.32. The molecule has 3 fully saturated rings. The Hall–Kier alpha value is -1.09.